The van der Waals surface area contributed by atoms with Gasteiger partial charge in [-0.25, -0.2) is 9.79 Å². The summed E-state index contributed by atoms with van der Waals surface area (Å²) in [6, 6.07) is 5.41. The third kappa shape index (κ3) is 1.58. The Morgan fingerprint density at radius 2 is 2.18 bits per heavy atom. The van der Waals surface area contributed by atoms with E-state index in [1.54, 1.807) is 12.1 Å². The number of carboxylic acids is 1. The van der Waals surface area contributed by atoms with E-state index in [2.05, 4.69) is 11.1 Å². The third-order valence-corrected chi connectivity index (χ3v) is 3.35. The van der Waals surface area contributed by atoms with E-state index in [1.165, 1.54) is 12.0 Å². The lowest BCUT2D eigenvalue weighted by atomic mass is 10.1. The smallest absolute Gasteiger partial charge is 0.337 e. The number of para-hydroxylation sites is 1. The fraction of sp³-hybridized carbons (Fsp3) is 0.286. The minimum atomic E-state index is -0.900. The van der Waals surface area contributed by atoms with Crippen molar-refractivity contribution in [2.75, 3.05) is 0 Å². The highest BCUT2D eigenvalue weighted by molar-refractivity contribution is 5.88. The molecule has 17 heavy (non-hydrogen) atoms. The molecule has 0 aromatic heterocycles. The van der Waals surface area contributed by atoms with Gasteiger partial charge < -0.3 is 5.11 Å². The summed E-state index contributed by atoms with van der Waals surface area (Å²) >= 11 is 0. The zero-order chi connectivity index (χ0) is 11.8. The zero-order valence-electron chi connectivity index (χ0n) is 9.44. The van der Waals surface area contributed by atoms with Crippen LogP contribution in [0.1, 0.15) is 36.0 Å². The highest BCUT2D eigenvalue weighted by atomic mass is 16.4. The molecule has 1 aromatic carbocycles. The summed E-state index contributed by atoms with van der Waals surface area (Å²) in [6.45, 7) is 0. The molecule has 0 atom stereocenters. The van der Waals surface area contributed by atoms with E-state index in [4.69, 9.17) is 5.11 Å². The zero-order valence-corrected chi connectivity index (χ0v) is 9.44. The molecule has 1 aliphatic carbocycles. The van der Waals surface area contributed by atoms with Crippen molar-refractivity contribution in [1.82, 2.24) is 0 Å². The van der Waals surface area contributed by atoms with E-state index in [9.17, 15) is 4.79 Å². The Morgan fingerprint density at radius 3 is 3.00 bits per heavy atom. The molecule has 3 rings (SSSR count). The average molecular weight is 227 g/mol. The molecule has 3 heteroatoms. The molecule has 0 spiro atoms. The van der Waals surface area contributed by atoms with E-state index in [0.717, 1.165) is 30.2 Å². The number of rotatable bonds is 1. The molecule has 0 unspecified atom stereocenters. The second kappa shape index (κ2) is 3.84. The topological polar surface area (TPSA) is 49.7 Å². The van der Waals surface area contributed by atoms with Crippen molar-refractivity contribution in [2.45, 2.75) is 25.7 Å². The fourth-order valence-corrected chi connectivity index (χ4v) is 2.52. The number of aromatic carboxylic acids is 1. The largest absolute Gasteiger partial charge is 0.478 e. The van der Waals surface area contributed by atoms with Crippen LogP contribution in [0.5, 0.6) is 0 Å². The Hall–Kier alpha value is -1.90. The summed E-state index contributed by atoms with van der Waals surface area (Å²) in [5.41, 5.74) is 2.52. The molecule has 0 bridgehead atoms. The van der Waals surface area contributed by atoms with Gasteiger partial charge >= 0.3 is 5.97 Å². The summed E-state index contributed by atoms with van der Waals surface area (Å²) in [5, 5.41) is 10.8. The van der Waals surface area contributed by atoms with Gasteiger partial charge in [0.25, 0.3) is 0 Å². The van der Waals surface area contributed by atoms with Crippen molar-refractivity contribution in [2.24, 2.45) is 4.99 Å². The van der Waals surface area contributed by atoms with Crippen LogP contribution in [0.25, 0.3) is 5.57 Å². The Morgan fingerprint density at radius 1 is 1.29 bits per heavy atom. The molecule has 2 aliphatic rings. The van der Waals surface area contributed by atoms with Crippen molar-refractivity contribution in [3.8, 4) is 0 Å². The van der Waals surface area contributed by atoms with Crippen LogP contribution in [-0.4, -0.2) is 11.1 Å². The molecule has 1 aliphatic heterocycles. The molecule has 0 radical (unpaired) electrons. The van der Waals surface area contributed by atoms with Gasteiger partial charge in [-0.3, -0.25) is 0 Å². The second-order valence-corrected chi connectivity index (χ2v) is 4.43. The maximum Gasteiger partial charge on any atom is 0.337 e. The standard InChI is InChI=1S/C14H13NO2/c16-14(17)11-7-4-6-10-9-5-2-1-3-8-12(9)15-13(10)11/h4,6-8H,1-3,5H2,(H,16,17). The second-order valence-electron chi connectivity index (χ2n) is 4.43. The van der Waals surface area contributed by atoms with Crippen molar-refractivity contribution < 1.29 is 9.90 Å². The van der Waals surface area contributed by atoms with Gasteiger partial charge in [0, 0.05) is 5.22 Å². The lowest BCUT2D eigenvalue weighted by molar-refractivity contribution is 0.0695. The van der Waals surface area contributed by atoms with Gasteiger partial charge in [0.1, 0.15) is 0 Å². The summed E-state index contributed by atoms with van der Waals surface area (Å²) in [7, 11) is 0. The predicted molar refractivity (Wildman–Crippen MR) is 64.1 cm³/mol. The number of carboxylic acid groups (broad SMARTS) is 1. The fourth-order valence-electron chi connectivity index (χ4n) is 2.52. The molecule has 1 aromatic rings. The van der Waals surface area contributed by atoms with Gasteiger partial charge in [-0.2, -0.15) is 0 Å². The van der Waals surface area contributed by atoms with Gasteiger partial charge in [0.2, 0.25) is 0 Å². The highest BCUT2D eigenvalue weighted by Crippen LogP contribution is 2.25. The number of hydrogen-bond donors (Lipinski definition) is 1. The van der Waals surface area contributed by atoms with Crippen LogP contribution in [0, 0.1) is 0 Å². The molecule has 0 amide bonds. The van der Waals surface area contributed by atoms with Gasteiger partial charge in [-0.05, 0) is 37.3 Å². The molecule has 0 saturated heterocycles. The number of benzene rings is 1. The summed E-state index contributed by atoms with van der Waals surface area (Å²) in [5.74, 6) is -0.900. The predicted octanol–water partition coefficient (Wildman–Crippen LogP) is 1.63. The Labute approximate surface area is 98.8 Å². The van der Waals surface area contributed by atoms with Crippen LogP contribution in [0.2, 0.25) is 0 Å². The first-order chi connectivity index (χ1) is 8.27. The Bertz CT molecular complexity index is 641. The SMILES string of the molecule is O=C(O)c1cccc2c1=NC1=CCCCCC=21. The van der Waals surface area contributed by atoms with Gasteiger partial charge in [-0.15, -0.1) is 0 Å². The van der Waals surface area contributed by atoms with Crippen molar-refractivity contribution in [1.29, 1.82) is 0 Å². The van der Waals surface area contributed by atoms with E-state index in [1.807, 2.05) is 6.07 Å². The van der Waals surface area contributed by atoms with Crippen LogP contribution >= 0.6 is 0 Å². The molecular weight excluding hydrogens is 214 g/mol. The quantitative estimate of drug-likeness (QED) is 0.792. The van der Waals surface area contributed by atoms with E-state index in [-0.39, 0.29) is 0 Å². The number of carbonyl (C=O) groups is 1. The van der Waals surface area contributed by atoms with Gasteiger partial charge in [0.15, 0.2) is 0 Å². The number of allylic oxidation sites excluding steroid dienone is 2. The van der Waals surface area contributed by atoms with Crippen LogP contribution < -0.4 is 10.6 Å². The van der Waals surface area contributed by atoms with Crippen LogP contribution in [-0.2, 0) is 0 Å². The van der Waals surface area contributed by atoms with E-state index in [0.29, 0.717) is 10.9 Å². The van der Waals surface area contributed by atoms with Crippen LogP contribution in [0.4, 0.5) is 0 Å². The third-order valence-electron chi connectivity index (χ3n) is 3.35. The first-order valence-electron chi connectivity index (χ1n) is 5.92. The molecule has 1 heterocycles. The van der Waals surface area contributed by atoms with Crippen molar-refractivity contribution >= 4 is 11.5 Å². The van der Waals surface area contributed by atoms with E-state index < -0.39 is 5.97 Å². The molecule has 1 N–H and O–H groups in total. The highest BCUT2D eigenvalue weighted by Gasteiger charge is 2.18. The number of fused-ring (bicyclic) bond motifs is 2. The summed E-state index contributed by atoms with van der Waals surface area (Å²) < 4.78 is 0. The van der Waals surface area contributed by atoms with E-state index >= 15 is 0 Å². The molecule has 0 saturated carbocycles. The molecule has 86 valence electrons. The maximum absolute atomic E-state index is 11.1. The molecule has 0 fully saturated rings. The minimum absolute atomic E-state index is 0.309. The maximum atomic E-state index is 11.1. The van der Waals surface area contributed by atoms with Crippen LogP contribution in [0.3, 0.4) is 0 Å². The average Bonchev–Trinajstić information content (AvgIpc) is 2.52. The Kier molecular flexibility index (Phi) is 2.32. The monoisotopic (exact) mass is 227 g/mol. The first-order valence-corrected chi connectivity index (χ1v) is 5.92. The molecule has 3 nitrogen and oxygen atoms in total. The van der Waals surface area contributed by atoms with Crippen molar-refractivity contribution in [3.63, 3.8) is 0 Å². The van der Waals surface area contributed by atoms with Crippen LogP contribution in [0.15, 0.2) is 35.0 Å². The first kappa shape index (κ1) is 10.3. The van der Waals surface area contributed by atoms with Gasteiger partial charge in [-0.1, -0.05) is 18.2 Å². The minimum Gasteiger partial charge on any atom is -0.478 e. The van der Waals surface area contributed by atoms with Gasteiger partial charge in [0.05, 0.1) is 16.6 Å². The summed E-state index contributed by atoms with van der Waals surface area (Å²) in [4.78, 5) is 15.6. The lowest BCUT2D eigenvalue weighted by Gasteiger charge is -1.98. The number of hydrogen-bond acceptors (Lipinski definition) is 2. The lowest BCUT2D eigenvalue weighted by Crippen LogP contribution is -2.29. The molecular formula is C14H13NO2. The normalized spacial score (nSPS) is 17.6. The number of nitrogens with zero attached hydrogens (tertiary/aromatic N) is 1. The Balaban J connectivity index is 2.35. The van der Waals surface area contributed by atoms with Crippen molar-refractivity contribution in [3.05, 3.63) is 46.1 Å². The summed E-state index contributed by atoms with van der Waals surface area (Å²) in [6.07, 6.45) is 6.52.